The van der Waals surface area contributed by atoms with E-state index < -0.39 is 0 Å². The summed E-state index contributed by atoms with van der Waals surface area (Å²) >= 11 is 1.77. The smallest absolute Gasteiger partial charge is 0.246 e. The number of carbonyl (C=O) groups excluding carboxylic acids is 1. The van der Waals surface area contributed by atoms with Crippen molar-refractivity contribution in [2.45, 2.75) is 25.3 Å². The number of thiazole rings is 1. The van der Waals surface area contributed by atoms with Crippen LogP contribution < -0.4 is 0 Å². The number of hydrogen-bond acceptors (Lipinski definition) is 6. The lowest BCUT2D eigenvalue weighted by molar-refractivity contribution is -0.133. The summed E-state index contributed by atoms with van der Waals surface area (Å²) in [5.41, 5.74) is 1.96. The predicted molar refractivity (Wildman–Crippen MR) is 111 cm³/mol. The lowest BCUT2D eigenvalue weighted by Crippen LogP contribution is -2.40. The van der Waals surface area contributed by atoms with Crippen molar-refractivity contribution >= 4 is 27.5 Å². The molecule has 0 N–H and O–H groups in total. The Bertz CT molecular complexity index is 1100. The summed E-state index contributed by atoms with van der Waals surface area (Å²) in [7, 11) is 0. The molecule has 146 valence electrons. The van der Waals surface area contributed by atoms with Gasteiger partial charge in [-0.15, -0.1) is 21.5 Å². The number of tetrazole rings is 1. The van der Waals surface area contributed by atoms with Gasteiger partial charge in [-0.25, -0.2) is 4.98 Å². The van der Waals surface area contributed by atoms with Crippen LogP contribution in [0.1, 0.15) is 23.8 Å². The van der Waals surface area contributed by atoms with Gasteiger partial charge in [-0.2, -0.15) is 4.80 Å². The van der Waals surface area contributed by atoms with Gasteiger partial charge in [0.05, 0.1) is 15.2 Å². The van der Waals surface area contributed by atoms with Crippen molar-refractivity contribution in [1.29, 1.82) is 0 Å². The number of piperidine rings is 1. The molecule has 5 rings (SSSR count). The Labute approximate surface area is 172 Å². The summed E-state index contributed by atoms with van der Waals surface area (Å²) in [5.74, 6) is 0.989. The molecule has 4 aromatic rings. The third-order valence-electron chi connectivity index (χ3n) is 5.27. The lowest BCUT2D eigenvalue weighted by atomic mass is 9.97. The van der Waals surface area contributed by atoms with Crippen LogP contribution >= 0.6 is 11.3 Å². The van der Waals surface area contributed by atoms with E-state index in [0.29, 0.717) is 11.7 Å². The average molecular weight is 404 g/mol. The number of carbonyl (C=O) groups is 1. The first kappa shape index (κ1) is 17.9. The van der Waals surface area contributed by atoms with Crippen LogP contribution in [0.15, 0.2) is 54.6 Å². The Morgan fingerprint density at radius 1 is 1.03 bits per heavy atom. The topological polar surface area (TPSA) is 76.8 Å². The van der Waals surface area contributed by atoms with E-state index in [4.69, 9.17) is 4.98 Å². The predicted octanol–water partition coefficient (Wildman–Crippen LogP) is 3.36. The molecule has 2 aromatic carbocycles. The molecule has 7 nitrogen and oxygen atoms in total. The first-order valence-electron chi connectivity index (χ1n) is 9.73. The van der Waals surface area contributed by atoms with E-state index in [1.807, 2.05) is 47.4 Å². The second-order valence-corrected chi connectivity index (χ2v) is 8.25. The number of para-hydroxylation sites is 1. The average Bonchev–Trinajstić information content (AvgIpc) is 3.41. The zero-order valence-corrected chi connectivity index (χ0v) is 16.6. The Hall–Kier alpha value is -3.13. The number of fused-ring (bicyclic) bond motifs is 1. The molecule has 1 amide bonds. The number of hydrogen-bond donors (Lipinski definition) is 0. The Morgan fingerprint density at radius 3 is 2.59 bits per heavy atom. The first-order chi connectivity index (χ1) is 14.3. The molecule has 1 aliphatic heterocycles. The summed E-state index contributed by atoms with van der Waals surface area (Å²) < 4.78 is 1.23. The molecule has 2 aromatic heterocycles. The van der Waals surface area contributed by atoms with Crippen LogP contribution in [0.3, 0.4) is 0 Å². The van der Waals surface area contributed by atoms with Gasteiger partial charge in [-0.05, 0) is 30.2 Å². The number of rotatable bonds is 4. The van der Waals surface area contributed by atoms with Gasteiger partial charge in [0.15, 0.2) is 0 Å². The highest BCUT2D eigenvalue weighted by atomic mass is 32.1. The van der Waals surface area contributed by atoms with E-state index in [-0.39, 0.29) is 12.5 Å². The first-order valence-corrected chi connectivity index (χ1v) is 10.5. The van der Waals surface area contributed by atoms with Crippen molar-refractivity contribution in [3.63, 3.8) is 0 Å². The molecule has 8 heteroatoms. The van der Waals surface area contributed by atoms with Crippen LogP contribution in [0.4, 0.5) is 0 Å². The van der Waals surface area contributed by atoms with E-state index >= 15 is 0 Å². The highest BCUT2D eigenvalue weighted by Crippen LogP contribution is 2.33. The van der Waals surface area contributed by atoms with Gasteiger partial charge in [0.2, 0.25) is 11.7 Å². The molecule has 0 bridgehead atoms. The van der Waals surface area contributed by atoms with E-state index in [9.17, 15) is 4.79 Å². The highest BCUT2D eigenvalue weighted by Gasteiger charge is 2.26. The molecule has 29 heavy (non-hydrogen) atoms. The van der Waals surface area contributed by atoms with Gasteiger partial charge in [0, 0.05) is 24.6 Å². The zero-order valence-electron chi connectivity index (χ0n) is 15.8. The molecule has 3 heterocycles. The SMILES string of the molecule is O=C(Cn1nnc(-c2ccccc2)n1)N1CCC(c2nc3ccccc3s2)CC1. The lowest BCUT2D eigenvalue weighted by Gasteiger charge is -2.30. The van der Waals surface area contributed by atoms with E-state index in [1.54, 1.807) is 11.3 Å². The maximum Gasteiger partial charge on any atom is 0.246 e. The van der Waals surface area contributed by atoms with Crippen LogP contribution in [0, 0.1) is 0 Å². The van der Waals surface area contributed by atoms with Crippen molar-refractivity contribution < 1.29 is 4.79 Å². The fraction of sp³-hybridized carbons (Fsp3) is 0.286. The van der Waals surface area contributed by atoms with Gasteiger partial charge in [0.25, 0.3) is 0 Å². The van der Waals surface area contributed by atoms with E-state index in [0.717, 1.165) is 37.0 Å². The standard InChI is InChI=1S/C21H20N6OS/c28-19(14-27-24-20(23-25-27)15-6-2-1-3-7-15)26-12-10-16(11-13-26)21-22-17-8-4-5-9-18(17)29-21/h1-9,16H,10-14H2. The number of benzene rings is 2. The molecule has 0 unspecified atom stereocenters. The van der Waals surface area contributed by atoms with Crippen molar-refractivity contribution in [2.24, 2.45) is 0 Å². The summed E-state index contributed by atoms with van der Waals surface area (Å²) in [4.78, 5) is 20.7. The second-order valence-electron chi connectivity index (χ2n) is 7.18. The molecule has 0 aliphatic carbocycles. The molecule has 0 atom stereocenters. The minimum absolute atomic E-state index is 0.0322. The van der Waals surface area contributed by atoms with Gasteiger partial charge in [-0.1, -0.05) is 42.5 Å². The highest BCUT2D eigenvalue weighted by molar-refractivity contribution is 7.18. The number of aromatic nitrogens is 5. The van der Waals surface area contributed by atoms with Gasteiger partial charge in [0.1, 0.15) is 6.54 Å². The molecule has 1 saturated heterocycles. The fourth-order valence-electron chi connectivity index (χ4n) is 3.67. The maximum absolute atomic E-state index is 12.7. The minimum atomic E-state index is 0.0322. The summed E-state index contributed by atoms with van der Waals surface area (Å²) in [5, 5.41) is 13.6. The second kappa shape index (κ2) is 7.71. The molecule has 0 saturated carbocycles. The minimum Gasteiger partial charge on any atom is -0.341 e. The quantitative estimate of drug-likeness (QED) is 0.521. The number of likely N-dealkylation sites (tertiary alicyclic amines) is 1. The van der Waals surface area contributed by atoms with Crippen LogP contribution in [-0.4, -0.2) is 49.1 Å². The zero-order chi connectivity index (χ0) is 19.6. The number of amides is 1. The van der Waals surface area contributed by atoms with Crippen molar-refractivity contribution in [2.75, 3.05) is 13.1 Å². The molecular weight excluding hydrogens is 384 g/mol. The van der Waals surface area contributed by atoms with Crippen LogP contribution in [-0.2, 0) is 11.3 Å². The maximum atomic E-state index is 12.7. The third kappa shape index (κ3) is 3.75. The van der Waals surface area contributed by atoms with E-state index in [2.05, 4.69) is 27.5 Å². The van der Waals surface area contributed by atoms with Crippen LogP contribution in [0.25, 0.3) is 21.6 Å². The van der Waals surface area contributed by atoms with Gasteiger partial charge >= 0.3 is 0 Å². The normalized spacial score (nSPS) is 15.1. The Morgan fingerprint density at radius 2 is 1.79 bits per heavy atom. The summed E-state index contributed by atoms with van der Waals surface area (Å²) in [6.45, 7) is 1.59. The third-order valence-corrected chi connectivity index (χ3v) is 6.47. The summed E-state index contributed by atoms with van der Waals surface area (Å²) in [6.07, 6.45) is 1.87. The van der Waals surface area contributed by atoms with Gasteiger partial charge in [-0.3, -0.25) is 4.79 Å². The van der Waals surface area contributed by atoms with Crippen LogP contribution in [0.2, 0.25) is 0 Å². The Balaban J connectivity index is 1.20. The van der Waals surface area contributed by atoms with E-state index in [1.165, 1.54) is 14.5 Å². The molecular formula is C21H20N6OS. The van der Waals surface area contributed by atoms with Crippen LogP contribution in [0.5, 0.6) is 0 Å². The molecule has 1 aliphatic rings. The largest absolute Gasteiger partial charge is 0.341 e. The fourth-order valence-corrected chi connectivity index (χ4v) is 4.81. The summed E-state index contributed by atoms with van der Waals surface area (Å²) in [6, 6.07) is 17.9. The molecule has 0 radical (unpaired) electrons. The number of nitrogens with zero attached hydrogens (tertiary/aromatic N) is 6. The Kier molecular flexibility index (Phi) is 4.77. The molecule has 0 spiro atoms. The monoisotopic (exact) mass is 404 g/mol. The van der Waals surface area contributed by atoms with Crippen molar-refractivity contribution in [3.05, 3.63) is 59.6 Å². The van der Waals surface area contributed by atoms with Crippen molar-refractivity contribution in [1.82, 2.24) is 30.1 Å². The van der Waals surface area contributed by atoms with Gasteiger partial charge < -0.3 is 4.90 Å². The molecule has 1 fully saturated rings. The van der Waals surface area contributed by atoms with Crippen molar-refractivity contribution in [3.8, 4) is 11.4 Å².